The zero-order valence-corrected chi connectivity index (χ0v) is 15.7. The molecule has 5 nitrogen and oxygen atoms in total. The fraction of sp³-hybridized carbons (Fsp3) is 0.650. The number of anilines is 1. The van der Waals surface area contributed by atoms with Crippen molar-refractivity contribution < 1.29 is 4.79 Å². The highest BCUT2D eigenvalue weighted by Crippen LogP contribution is 2.21. The molecule has 1 unspecified atom stereocenters. The lowest BCUT2D eigenvalue weighted by Gasteiger charge is -2.39. The maximum atomic E-state index is 12.4. The van der Waals surface area contributed by atoms with Crippen molar-refractivity contribution in [2.75, 3.05) is 57.3 Å². The van der Waals surface area contributed by atoms with Crippen LogP contribution in [-0.2, 0) is 4.79 Å². The molecule has 0 bridgehead atoms. The van der Waals surface area contributed by atoms with E-state index in [1.807, 2.05) is 6.92 Å². The lowest BCUT2D eigenvalue weighted by atomic mass is 10.1. The van der Waals surface area contributed by atoms with E-state index >= 15 is 0 Å². The normalized spacial score (nSPS) is 20.6. The number of rotatable bonds is 6. The predicted octanol–water partition coefficient (Wildman–Crippen LogP) is 1.72. The number of hydrogen-bond acceptors (Lipinski definition) is 4. The number of carbonyl (C=O) groups is 1. The van der Waals surface area contributed by atoms with Gasteiger partial charge in [0, 0.05) is 45.0 Å². The van der Waals surface area contributed by atoms with Crippen molar-refractivity contribution in [1.29, 1.82) is 0 Å². The summed E-state index contributed by atoms with van der Waals surface area (Å²) in [6.07, 6.45) is 2.60. The van der Waals surface area contributed by atoms with Gasteiger partial charge in [-0.2, -0.15) is 0 Å². The maximum absolute atomic E-state index is 12.4. The number of hydrogen-bond donors (Lipinski definition) is 1. The van der Waals surface area contributed by atoms with Gasteiger partial charge in [-0.1, -0.05) is 18.2 Å². The largest absolute Gasteiger partial charge is 0.369 e. The Morgan fingerprint density at radius 3 is 2.44 bits per heavy atom. The van der Waals surface area contributed by atoms with Gasteiger partial charge in [-0.05, 0) is 51.4 Å². The van der Waals surface area contributed by atoms with Crippen molar-refractivity contribution in [3.63, 3.8) is 0 Å². The molecule has 1 N–H and O–H groups in total. The Morgan fingerprint density at radius 1 is 1.08 bits per heavy atom. The lowest BCUT2D eigenvalue weighted by molar-refractivity contribution is -0.126. The average molecular weight is 345 g/mol. The molecule has 0 radical (unpaired) electrons. The summed E-state index contributed by atoms with van der Waals surface area (Å²) in [5, 5.41) is 3.12. The van der Waals surface area contributed by atoms with Gasteiger partial charge >= 0.3 is 0 Å². The van der Waals surface area contributed by atoms with Gasteiger partial charge in [0.15, 0.2) is 0 Å². The molecule has 5 heteroatoms. The van der Waals surface area contributed by atoms with Crippen LogP contribution in [0.5, 0.6) is 0 Å². The van der Waals surface area contributed by atoms with Gasteiger partial charge < -0.3 is 15.1 Å². The van der Waals surface area contributed by atoms with Crippen LogP contribution in [0.1, 0.15) is 25.3 Å². The number of nitrogens with zero attached hydrogens (tertiary/aromatic N) is 3. The Hall–Kier alpha value is -1.59. The number of piperazine rings is 1. The molecule has 3 rings (SSSR count). The van der Waals surface area contributed by atoms with E-state index in [1.54, 1.807) is 0 Å². The first-order chi connectivity index (χ1) is 12.1. The molecule has 2 heterocycles. The molecule has 2 saturated heterocycles. The Bertz CT molecular complexity index is 563. The van der Waals surface area contributed by atoms with Gasteiger partial charge in [-0.25, -0.2) is 0 Å². The van der Waals surface area contributed by atoms with E-state index in [4.69, 9.17) is 0 Å². The first kappa shape index (κ1) is 18.2. The van der Waals surface area contributed by atoms with Crippen molar-refractivity contribution in [1.82, 2.24) is 15.1 Å². The number of amides is 1. The van der Waals surface area contributed by atoms with Gasteiger partial charge in [0.1, 0.15) is 0 Å². The number of benzene rings is 1. The molecule has 2 aliphatic rings. The molecule has 0 spiro atoms. The van der Waals surface area contributed by atoms with E-state index in [0.29, 0.717) is 0 Å². The van der Waals surface area contributed by atoms with Crippen LogP contribution >= 0.6 is 0 Å². The van der Waals surface area contributed by atoms with Gasteiger partial charge in [0.05, 0.1) is 6.04 Å². The Balaban J connectivity index is 1.42. The summed E-state index contributed by atoms with van der Waals surface area (Å²) in [6, 6.07) is 8.50. The van der Waals surface area contributed by atoms with Crippen molar-refractivity contribution in [2.24, 2.45) is 0 Å². The third-order valence-corrected chi connectivity index (χ3v) is 5.62. The van der Waals surface area contributed by atoms with E-state index in [2.05, 4.69) is 51.2 Å². The fourth-order valence-electron chi connectivity index (χ4n) is 3.93. The van der Waals surface area contributed by atoms with Gasteiger partial charge in [-0.3, -0.25) is 9.69 Å². The monoisotopic (exact) mass is 344 g/mol. The first-order valence-corrected chi connectivity index (χ1v) is 9.70. The van der Waals surface area contributed by atoms with E-state index in [9.17, 15) is 4.79 Å². The van der Waals surface area contributed by atoms with Gasteiger partial charge in [0.2, 0.25) is 5.91 Å². The molecule has 138 valence electrons. The molecule has 2 aliphatic heterocycles. The summed E-state index contributed by atoms with van der Waals surface area (Å²) in [5.41, 5.74) is 2.65. The molecular formula is C20H32N4O. The minimum Gasteiger partial charge on any atom is -0.369 e. The molecule has 1 aromatic rings. The quantitative estimate of drug-likeness (QED) is 0.853. The number of aryl methyl sites for hydroxylation is 1. The van der Waals surface area contributed by atoms with Crippen molar-refractivity contribution in [3.05, 3.63) is 29.8 Å². The zero-order chi connectivity index (χ0) is 17.6. The molecule has 1 amide bonds. The standard InChI is InChI=1S/C20H32N4O/c1-17-7-3-4-8-19(17)24-15-13-23(14-16-24)18(2)20(25)21-9-12-22-10-5-6-11-22/h3-4,7-8,18H,5-6,9-16H2,1-2H3,(H,21,25). The van der Waals surface area contributed by atoms with E-state index in [0.717, 1.165) is 39.3 Å². The molecule has 0 aliphatic carbocycles. The lowest BCUT2D eigenvalue weighted by Crippen LogP contribution is -2.54. The molecule has 0 saturated carbocycles. The van der Waals surface area contributed by atoms with E-state index < -0.39 is 0 Å². The van der Waals surface area contributed by atoms with Crippen LogP contribution in [0.25, 0.3) is 0 Å². The average Bonchev–Trinajstić information content (AvgIpc) is 3.15. The summed E-state index contributed by atoms with van der Waals surface area (Å²) in [6.45, 7) is 12.2. The van der Waals surface area contributed by atoms with Crippen LogP contribution in [0.2, 0.25) is 0 Å². The highest BCUT2D eigenvalue weighted by molar-refractivity contribution is 5.81. The van der Waals surface area contributed by atoms with Crippen LogP contribution in [0.4, 0.5) is 5.69 Å². The second-order valence-corrected chi connectivity index (χ2v) is 7.33. The number of likely N-dealkylation sites (tertiary alicyclic amines) is 1. The highest BCUT2D eigenvalue weighted by atomic mass is 16.2. The van der Waals surface area contributed by atoms with Gasteiger partial charge in [-0.15, -0.1) is 0 Å². The second-order valence-electron chi connectivity index (χ2n) is 7.33. The smallest absolute Gasteiger partial charge is 0.237 e. The van der Waals surface area contributed by atoms with E-state index in [-0.39, 0.29) is 11.9 Å². The Morgan fingerprint density at radius 2 is 1.76 bits per heavy atom. The first-order valence-electron chi connectivity index (χ1n) is 9.70. The molecule has 1 aromatic carbocycles. The summed E-state index contributed by atoms with van der Waals surface area (Å²) in [5.74, 6) is 0.170. The minimum atomic E-state index is -0.0439. The summed E-state index contributed by atoms with van der Waals surface area (Å²) in [4.78, 5) is 19.6. The number of carbonyl (C=O) groups excluding carboxylic acids is 1. The highest BCUT2D eigenvalue weighted by Gasteiger charge is 2.26. The van der Waals surface area contributed by atoms with Crippen molar-refractivity contribution >= 4 is 11.6 Å². The number of nitrogens with one attached hydrogen (secondary N) is 1. The Kier molecular flexibility index (Phi) is 6.32. The number of para-hydroxylation sites is 1. The Labute approximate surface area is 152 Å². The molecular weight excluding hydrogens is 312 g/mol. The molecule has 1 atom stereocenters. The van der Waals surface area contributed by atoms with Crippen molar-refractivity contribution in [3.8, 4) is 0 Å². The third-order valence-electron chi connectivity index (χ3n) is 5.62. The summed E-state index contributed by atoms with van der Waals surface area (Å²) in [7, 11) is 0. The molecule has 0 aromatic heterocycles. The van der Waals surface area contributed by atoms with Gasteiger partial charge in [0.25, 0.3) is 0 Å². The van der Waals surface area contributed by atoms with Crippen LogP contribution in [-0.4, -0.2) is 74.1 Å². The fourth-order valence-corrected chi connectivity index (χ4v) is 3.93. The second kappa shape index (κ2) is 8.68. The van der Waals surface area contributed by atoms with Crippen molar-refractivity contribution in [2.45, 2.75) is 32.7 Å². The topological polar surface area (TPSA) is 38.8 Å². The third kappa shape index (κ3) is 4.73. The predicted molar refractivity (Wildman–Crippen MR) is 103 cm³/mol. The molecule has 25 heavy (non-hydrogen) atoms. The van der Waals surface area contributed by atoms with Crippen LogP contribution in [0.15, 0.2) is 24.3 Å². The SMILES string of the molecule is Cc1ccccc1N1CCN(C(C)C(=O)NCCN2CCCC2)CC1. The van der Waals surface area contributed by atoms with E-state index in [1.165, 1.54) is 37.2 Å². The summed E-state index contributed by atoms with van der Waals surface area (Å²) >= 11 is 0. The van der Waals surface area contributed by atoms with Crippen LogP contribution in [0.3, 0.4) is 0 Å². The maximum Gasteiger partial charge on any atom is 0.237 e. The summed E-state index contributed by atoms with van der Waals surface area (Å²) < 4.78 is 0. The molecule has 2 fully saturated rings. The zero-order valence-electron chi connectivity index (χ0n) is 15.7. The van der Waals surface area contributed by atoms with Crippen LogP contribution < -0.4 is 10.2 Å². The minimum absolute atomic E-state index is 0.0439. The van der Waals surface area contributed by atoms with Crippen LogP contribution in [0, 0.1) is 6.92 Å².